The number of rotatable bonds is 6. The summed E-state index contributed by atoms with van der Waals surface area (Å²) in [4.78, 5) is 39.6. The lowest BCUT2D eigenvalue weighted by Crippen LogP contribution is -2.62. The van der Waals surface area contributed by atoms with E-state index in [0.717, 1.165) is 58.3 Å². The van der Waals surface area contributed by atoms with Crippen LogP contribution in [0.2, 0.25) is 0 Å². The lowest BCUT2D eigenvalue weighted by Gasteiger charge is -2.54. The number of hydrogen-bond donors (Lipinski definition) is 1. The van der Waals surface area contributed by atoms with Crippen molar-refractivity contribution in [2.24, 2.45) is 11.3 Å². The number of piperidine rings is 1. The second kappa shape index (κ2) is 9.14. The van der Waals surface area contributed by atoms with Crippen LogP contribution in [0.25, 0.3) is 0 Å². The maximum absolute atomic E-state index is 12.7. The predicted molar refractivity (Wildman–Crippen MR) is 108 cm³/mol. The minimum Gasteiger partial charge on any atom is -0.444 e. The SMILES string of the molecule is CC(=O)N1CC2(CCN(C(=O)[C@H](C)CCCCNC(=O)OC(C)(C)C)CC2)C1. The number of hydrogen-bond acceptors (Lipinski definition) is 4. The van der Waals surface area contributed by atoms with Gasteiger partial charge in [-0.15, -0.1) is 0 Å². The van der Waals surface area contributed by atoms with E-state index in [1.165, 1.54) is 0 Å². The topological polar surface area (TPSA) is 79.0 Å². The van der Waals surface area contributed by atoms with Crippen LogP contribution in [0.3, 0.4) is 0 Å². The predicted octanol–water partition coefficient (Wildman–Crippen LogP) is 2.79. The van der Waals surface area contributed by atoms with E-state index in [2.05, 4.69) is 5.32 Å². The van der Waals surface area contributed by atoms with E-state index >= 15 is 0 Å². The highest BCUT2D eigenvalue weighted by molar-refractivity contribution is 5.78. The van der Waals surface area contributed by atoms with Gasteiger partial charge in [0.2, 0.25) is 11.8 Å². The van der Waals surface area contributed by atoms with Gasteiger partial charge in [0, 0.05) is 51.0 Å². The fraction of sp³-hybridized carbons (Fsp3) is 0.857. The first-order chi connectivity index (χ1) is 13.0. The lowest BCUT2D eigenvalue weighted by atomic mass is 9.72. The van der Waals surface area contributed by atoms with Crippen molar-refractivity contribution >= 4 is 17.9 Å². The van der Waals surface area contributed by atoms with Gasteiger partial charge in [0.15, 0.2) is 0 Å². The van der Waals surface area contributed by atoms with E-state index in [1.807, 2.05) is 37.5 Å². The van der Waals surface area contributed by atoms with Gasteiger partial charge in [-0.1, -0.05) is 13.3 Å². The number of carbonyl (C=O) groups excluding carboxylic acids is 3. The molecule has 0 aromatic heterocycles. The number of nitrogens with zero attached hydrogens (tertiary/aromatic N) is 2. The normalized spacial score (nSPS) is 19.8. The fourth-order valence-corrected chi connectivity index (χ4v) is 4.02. The molecule has 1 spiro atoms. The number of carbonyl (C=O) groups is 3. The van der Waals surface area contributed by atoms with Gasteiger partial charge in [0.25, 0.3) is 0 Å². The van der Waals surface area contributed by atoms with Gasteiger partial charge in [-0.05, 0) is 46.5 Å². The molecule has 0 unspecified atom stereocenters. The second-order valence-corrected chi connectivity index (χ2v) is 9.53. The Morgan fingerprint density at radius 3 is 2.21 bits per heavy atom. The Bertz CT molecular complexity index is 569. The third-order valence-corrected chi connectivity index (χ3v) is 5.79. The van der Waals surface area contributed by atoms with Crippen molar-refractivity contribution in [1.82, 2.24) is 15.1 Å². The molecule has 0 saturated carbocycles. The van der Waals surface area contributed by atoms with Crippen LogP contribution in [0.15, 0.2) is 0 Å². The second-order valence-electron chi connectivity index (χ2n) is 9.53. The summed E-state index contributed by atoms with van der Waals surface area (Å²) in [6, 6.07) is 0. The Labute approximate surface area is 169 Å². The van der Waals surface area contributed by atoms with Crippen LogP contribution in [0.4, 0.5) is 4.79 Å². The molecule has 3 amide bonds. The molecule has 7 nitrogen and oxygen atoms in total. The molecular formula is C21H37N3O4. The molecule has 0 aromatic rings. The summed E-state index contributed by atoms with van der Waals surface area (Å²) < 4.78 is 5.20. The minimum atomic E-state index is -0.484. The maximum atomic E-state index is 12.7. The first kappa shape index (κ1) is 22.5. The van der Waals surface area contributed by atoms with Crippen molar-refractivity contribution in [3.63, 3.8) is 0 Å². The van der Waals surface area contributed by atoms with Crippen molar-refractivity contribution in [1.29, 1.82) is 0 Å². The molecule has 28 heavy (non-hydrogen) atoms. The number of likely N-dealkylation sites (tertiary alicyclic amines) is 2. The number of alkyl carbamates (subject to hydrolysis) is 1. The first-order valence-electron chi connectivity index (χ1n) is 10.5. The van der Waals surface area contributed by atoms with Gasteiger partial charge in [-0.2, -0.15) is 0 Å². The molecule has 2 fully saturated rings. The molecule has 1 N–H and O–H groups in total. The van der Waals surface area contributed by atoms with Gasteiger partial charge in [-0.25, -0.2) is 4.79 Å². The molecule has 0 aliphatic carbocycles. The van der Waals surface area contributed by atoms with E-state index in [4.69, 9.17) is 4.74 Å². The first-order valence-corrected chi connectivity index (χ1v) is 10.5. The van der Waals surface area contributed by atoms with Crippen molar-refractivity contribution < 1.29 is 19.1 Å². The Kier molecular flexibility index (Phi) is 7.34. The zero-order chi connectivity index (χ0) is 20.9. The number of ether oxygens (including phenoxy) is 1. The van der Waals surface area contributed by atoms with Crippen LogP contribution in [0.1, 0.15) is 66.7 Å². The molecule has 2 aliphatic rings. The average molecular weight is 396 g/mol. The number of amides is 3. The van der Waals surface area contributed by atoms with Crippen LogP contribution in [0, 0.1) is 11.3 Å². The standard InChI is InChI=1S/C21H37N3O4/c1-16(8-6-7-11-22-19(27)28-20(3,4)5)18(26)23-12-9-21(10-13-23)14-24(15-21)17(2)25/h16H,6-15H2,1-5H3,(H,22,27)/t16-/m1/s1. The highest BCUT2D eigenvalue weighted by atomic mass is 16.6. The van der Waals surface area contributed by atoms with Crippen LogP contribution < -0.4 is 5.32 Å². The Balaban J connectivity index is 1.59. The monoisotopic (exact) mass is 395 g/mol. The molecule has 2 rings (SSSR count). The zero-order valence-corrected chi connectivity index (χ0v) is 18.2. The molecular weight excluding hydrogens is 358 g/mol. The minimum absolute atomic E-state index is 0.00526. The molecule has 2 aliphatic heterocycles. The van der Waals surface area contributed by atoms with Gasteiger partial charge >= 0.3 is 6.09 Å². The molecule has 7 heteroatoms. The Morgan fingerprint density at radius 2 is 1.68 bits per heavy atom. The maximum Gasteiger partial charge on any atom is 0.407 e. The van der Waals surface area contributed by atoms with E-state index < -0.39 is 11.7 Å². The summed E-state index contributed by atoms with van der Waals surface area (Å²) in [6.45, 7) is 13.0. The van der Waals surface area contributed by atoms with E-state index in [0.29, 0.717) is 6.54 Å². The number of unbranched alkanes of at least 4 members (excludes halogenated alkanes) is 1. The van der Waals surface area contributed by atoms with Crippen LogP contribution in [0.5, 0.6) is 0 Å². The third-order valence-electron chi connectivity index (χ3n) is 5.79. The summed E-state index contributed by atoms with van der Waals surface area (Å²) in [6.07, 6.45) is 4.16. The van der Waals surface area contributed by atoms with Gasteiger partial charge in [0.05, 0.1) is 0 Å². The van der Waals surface area contributed by atoms with Gasteiger partial charge in [0.1, 0.15) is 5.60 Å². The van der Waals surface area contributed by atoms with Crippen molar-refractivity contribution in [2.45, 2.75) is 72.3 Å². The Morgan fingerprint density at radius 1 is 1.07 bits per heavy atom. The molecule has 1 atom stereocenters. The summed E-state index contributed by atoms with van der Waals surface area (Å²) >= 11 is 0. The van der Waals surface area contributed by atoms with Crippen LogP contribution in [-0.4, -0.2) is 66.0 Å². The van der Waals surface area contributed by atoms with Crippen molar-refractivity contribution in [3.8, 4) is 0 Å². The molecule has 0 aromatic carbocycles. The highest BCUT2D eigenvalue weighted by Gasteiger charge is 2.46. The van der Waals surface area contributed by atoms with Crippen molar-refractivity contribution in [2.75, 3.05) is 32.7 Å². The summed E-state index contributed by atoms with van der Waals surface area (Å²) in [5.41, 5.74) is -0.235. The highest BCUT2D eigenvalue weighted by Crippen LogP contribution is 2.40. The van der Waals surface area contributed by atoms with E-state index in [9.17, 15) is 14.4 Å². The fourth-order valence-electron chi connectivity index (χ4n) is 4.02. The van der Waals surface area contributed by atoms with Crippen LogP contribution >= 0.6 is 0 Å². The smallest absolute Gasteiger partial charge is 0.407 e. The summed E-state index contributed by atoms with van der Waals surface area (Å²) in [5.74, 6) is 0.391. The van der Waals surface area contributed by atoms with Crippen molar-refractivity contribution in [3.05, 3.63) is 0 Å². The zero-order valence-electron chi connectivity index (χ0n) is 18.2. The molecule has 160 valence electrons. The largest absolute Gasteiger partial charge is 0.444 e. The third kappa shape index (κ3) is 6.38. The van der Waals surface area contributed by atoms with Gasteiger partial charge in [-0.3, -0.25) is 9.59 Å². The number of nitrogens with one attached hydrogen (secondary N) is 1. The average Bonchev–Trinajstić information content (AvgIpc) is 2.56. The lowest BCUT2D eigenvalue weighted by molar-refractivity contribution is -0.149. The summed E-state index contributed by atoms with van der Waals surface area (Å²) in [7, 11) is 0. The summed E-state index contributed by atoms with van der Waals surface area (Å²) in [5, 5.41) is 2.75. The molecule has 2 saturated heterocycles. The van der Waals surface area contributed by atoms with E-state index in [1.54, 1.807) is 6.92 Å². The van der Waals surface area contributed by atoms with Gasteiger partial charge < -0.3 is 19.9 Å². The van der Waals surface area contributed by atoms with Crippen LogP contribution in [-0.2, 0) is 14.3 Å². The molecule has 2 heterocycles. The molecule has 0 bridgehead atoms. The quantitative estimate of drug-likeness (QED) is 0.702. The Hall–Kier alpha value is -1.79. The molecule has 0 radical (unpaired) electrons. The van der Waals surface area contributed by atoms with E-state index in [-0.39, 0.29) is 23.1 Å².